The summed E-state index contributed by atoms with van der Waals surface area (Å²) in [6.45, 7) is 6.18. The van der Waals surface area contributed by atoms with Crippen molar-refractivity contribution in [3.63, 3.8) is 0 Å². The Bertz CT molecular complexity index is 734. The highest BCUT2D eigenvalue weighted by Crippen LogP contribution is 2.35. The van der Waals surface area contributed by atoms with Crippen LogP contribution in [-0.4, -0.2) is 12.2 Å². The fourth-order valence-electron chi connectivity index (χ4n) is 2.21. The molecule has 0 spiro atoms. The van der Waals surface area contributed by atoms with Crippen LogP contribution in [0.5, 0.6) is 0 Å². The molecule has 0 fully saturated rings. The number of thioether (sulfide) groups is 1. The summed E-state index contributed by atoms with van der Waals surface area (Å²) in [6, 6.07) is 9.80. The summed E-state index contributed by atoms with van der Waals surface area (Å²) in [4.78, 5) is 12.4. The van der Waals surface area contributed by atoms with Crippen LogP contribution >= 0.6 is 23.1 Å². The van der Waals surface area contributed by atoms with E-state index in [4.69, 9.17) is 0 Å². The quantitative estimate of drug-likeness (QED) is 0.846. The van der Waals surface area contributed by atoms with E-state index < -0.39 is 0 Å². The van der Waals surface area contributed by atoms with Gasteiger partial charge in [0.15, 0.2) is 0 Å². The van der Waals surface area contributed by atoms with Crippen molar-refractivity contribution in [3.05, 3.63) is 51.9 Å². The molecule has 0 saturated heterocycles. The van der Waals surface area contributed by atoms with Gasteiger partial charge in [0, 0.05) is 11.3 Å². The molecule has 0 bridgehead atoms. The van der Waals surface area contributed by atoms with E-state index in [1.807, 2.05) is 35.9 Å². The molecule has 3 nitrogen and oxygen atoms in total. The number of anilines is 1. The van der Waals surface area contributed by atoms with Crippen LogP contribution in [0.25, 0.3) is 0 Å². The summed E-state index contributed by atoms with van der Waals surface area (Å²) in [5.41, 5.74) is 3.21. The van der Waals surface area contributed by atoms with Crippen LogP contribution in [0.15, 0.2) is 29.6 Å². The second-order valence-corrected chi connectivity index (χ2v) is 8.05. The predicted octanol–water partition coefficient (Wildman–Crippen LogP) is 5.03. The highest BCUT2D eigenvalue weighted by molar-refractivity contribution is 7.97. The second-order valence-electron chi connectivity index (χ2n) is 6.30. The van der Waals surface area contributed by atoms with E-state index in [2.05, 4.69) is 32.2 Å². The molecular weight excluding hydrogens is 324 g/mol. The smallest absolute Gasteiger partial charge is 0.256 e. The molecule has 120 valence electrons. The van der Waals surface area contributed by atoms with Crippen LogP contribution in [0.4, 0.5) is 5.00 Å². The Morgan fingerprint density at radius 1 is 1.30 bits per heavy atom. The van der Waals surface area contributed by atoms with E-state index in [0.29, 0.717) is 16.1 Å². The van der Waals surface area contributed by atoms with Gasteiger partial charge in [0.05, 0.1) is 5.56 Å². The van der Waals surface area contributed by atoms with Gasteiger partial charge in [-0.15, -0.1) is 11.3 Å². The maximum Gasteiger partial charge on any atom is 0.256 e. The van der Waals surface area contributed by atoms with Gasteiger partial charge in [-0.25, -0.2) is 0 Å². The molecule has 23 heavy (non-hydrogen) atoms. The summed E-state index contributed by atoms with van der Waals surface area (Å²) in [5.74, 6) is 0.750. The Morgan fingerprint density at radius 2 is 1.96 bits per heavy atom. The lowest BCUT2D eigenvalue weighted by Crippen LogP contribution is -2.14. The number of carbonyl (C=O) groups excluding carboxylic acids is 1. The van der Waals surface area contributed by atoms with E-state index in [-0.39, 0.29) is 11.3 Å². The van der Waals surface area contributed by atoms with Gasteiger partial charge in [-0.1, -0.05) is 32.9 Å². The molecule has 0 saturated carbocycles. The van der Waals surface area contributed by atoms with Crippen LogP contribution in [0.1, 0.15) is 47.8 Å². The van der Waals surface area contributed by atoms with Crippen LogP contribution in [0.2, 0.25) is 0 Å². The molecule has 0 unspecified atom stereocenters. The van der Waals surface area contributed by atoms with Gasteiger partial charge >= 0.3 is 0 Å². The molecule has 1 heterocycles. The number of thiophene rings is 1. The lowest BCUT2D eigenvalue weighted by molar-refractivity contribution is 0.102. The number of hydrogen-bond donors (Lipinski definition) is 1. The first-order chi connectivity index (χ1) is 10.9. The van der Waals surface area contributed by atoms with Crippen LogP contribution in [-0.2, 0) is 11.2 Å². The van der Waals surface area contributed by atoms with Crippen molar-refractivity contribution in [1.82, 2.24) is 0 Å². The topological polar surface area (TPSA) is 52.9 Å². The molecule has 1 N–H and O–H groups in total. The van der Waals surface area contributed by atoms with Gasteiger partial charge in [-0.2, -0.15) is 17.0 Å². The van der Waals surface area contributed by atoms with Gasteiger partial charge in [0.1, 0.15) is 11.1 Å². The Hall–Kier alpha value is -1.77. The fraction of sp³-hybridized carbons (Fsp3) is 0.333. The molecule has 1 aromatic heterocycles. The highest BCUT2D eigenvalue weighted by atomic mass is 32.2. The molecule has 1 aromatic carbocycles. The maximum atomic E-state index is 12.4. The standard InChI is InChI=1S/C18H20N2OS2/c1-18(2,3)15-11-23-17(14(15)9-19)20-16(21)13-7-5-12(6-8-13)10-22-4/h5-8,11H,10H2,1-4H3,(H,20,21). The van der Waals surface area contributed by atoms with Crippen LogP contribution in [0.3, 0.4) is 0 Å². The van der Waals surface area contributed by atoms with Crippen molar-refractivity contribution < 1.29 is 4.79 Å². The Labute approximate surface area is 145 Å². The minimum absolute atomic E-state index is 0.121. The van der Waals surface area contributed by atoms with E-state index in [1.54, 1.807) is 11.8 Å². The molecule has 2 rings (SSSR count). The average Bonchev–Trinajstić information content (AvgIpc) is 2.91. The average molecular weight is 345 g/mol. The minimum atomic E-state index is -0.181. The first-order valence-electron chi connectivity index (χ1n) is 7.28. The van der Waals surface area contributed by atoms with Crippen LogP contribution in [0, 0.1) is 11.3 Å². The number of nitrogens with zero attached hydrogens (tertiary/aromatic N) is 1. The highest BCUT2D eigenvalue weighted by Gasteiger charge is 2.23. The third kappa shape index (κ3) is 4.15. The molecular formula is C18H20N2OS2. The van der Waals surface area contributed by atoms with Crippen LogP contribution < -0.4 is 5.32 Å². The Morgan fingerprint density at radius 3 is 2.48 bits per heavy atom. The van der Waals surface area contributed by atoms with Crippen molar-refractivity contribution in [1.29, 1.82) is 5.26 Å². The number of nitriles is 1. The minimum Gasteiger partial charge on any atom is -0.312 e. The van der Waals surface area contributed by atoms with E-state index in [0.717, 1.165) is 11.3 Å². The first kappa shape index (κ1) is 17.6. The summed E-state index contributed by atoms with van der Waals surface area (Å²) in [6.07, 6.45) is 2.05. The zero-order valence-electron chi connectivity index (χ0n) is 13.8. The Kier molecular flexibility index (Phi) is 5.51. The monoisotopic (exact) mass is 344 g/mol. The van der Waals surface area contributed by atoms with Gasteiger partial charge in [0.2, 0.25) is 0 Å². The normalized spacial score (nSPS) is 11.1. The van der Waals surface area contributed by atoms with Gasteiger partial charge in [0.25, 0.3) is 5.91 Å². The molecule has 0 aliphatic heterocycles. The zero-order chi connectivity index (χ0) is 17.0. The summed E-state index contributed by atoms with van der Waals surface area (Å²) < 4.78 is 0. The lowest BCUT2D eigenvalue weighted by Gasteiger charge is -2.17. The van der Waals surface area contributed by atoms with Gasteiger partial charge < -0.3 is 5.32 Å². The Balaban J connectivity index is 2.21. The largest absolute Gasteiger partial charge is 0.312 e. The molecule has 0 aliphatic carbocycles. The van der Waals surface area contributed by atoms with Gasteiger partial charge in [-0.05, 0) is 40.3 Å². The number of hydrogen-bond acceptors (Lipinski definition) is 4. The molecule has 1 amide bonds. The lowest BCUT2D eigenvalue weighted by atomic mass is 9.86. The third-order valence-corrected chi connectivity index (χ3v) is 4.98. The number of benzene rings is 1. The SMILES string of the molecule is CSCc1ccc(C(=O)Nc2scc(C(C)(C)C)c2C#N)cc1. The summed E-state index contributed by atoms with van der Waals surface area (Å²) in [5, 5.41) is 14.9. The van der Waals surface area contributed by atoms with Crippen molar-refractivity contribution in [2.45, 2.75) is 31.9 Å². The predicted molar refractivity (Wildman–Crippen MR) is 99.3 cm³/mol. The van der Waals surface area contributed by atoms with Gasteiger partial charge in [-0.3, -0.25) is 4.79 Å². The molecule has 0 aliphatic rings. The van der Waals surface area contributed by atoms with E-state index >= 15 is 0 Å². The maximum absolute atomic E-state index is 12.4. The van der Waals surface area contributed by atoms with E-state index in [1.165, 1.54) is 16.9 Å². The zero-order valence-corrected chi connectivity index (χ0v) is 15.4. The van der Waals surface area contributed by atoms with Crippen molar-refractivity contribution >= 4 is 34.0 Å². The molecule has 0 radical (unpaired) electrons. The first-order valence-corrected chi connectivity index (χ1v) is 9.55. The molecule has 2 aromatic rings. The molecule has 5 heteroatoms. The number of carbonyl (C=O) groups is 1. The van der Waals surface area contributed by atoms with Crippen molar-refractivity contribution in [2.24, 2.45) is 0 Å². The summed E-state index contributed by atoms with van der Waals surface area (Å²) >= 11 is 3.15. The number of rotatable bonds is 4. The third-order valence-electron chi connectivity index (χ3n) is 3.47. The van der Waals surface area contributed by atoms with Crippen molar-refractivity contribution in [3.8, 4) is 6.07 Å². The van der Waals surface area contributed by atoms with Crippen molar-refractivity contribution in [2.75, 3.05) is 11.6 Å². The fourth-order valence-corrected chi connectivity index (χ4v) is 3.87. The number of nitrogens with one attached hydrogen (secondary N) is 1. The van der Waals surface area contributed by atoms with E-state index in [9.17, 15) is 10.1 Å². The number of amides is 1. The summed E-state index contributed by atoms with van der Waals surface area (Å²) in [7, 11) is 0. The molecule has 0 atom stereocenters. The second kappa shape index (κ2) is 7.20.